The second-order valence-electron chi connectivity index (χ2n) is 9.32. The maximum absolute atomic E-state index is 13.9. The number of likely N-dealkylation sites (tertiary alicyclic amines) is 1. The molecule has 2 aliphatic rings. The number of carbonyl (C=O) groups is 2. The van der Waals surface area contributed by atoms with E-state index in [9.17, 15) is 14.0 Å². The third kappa shape index (κ3) is 4.11. The Kier molecular flexibility index (Phi) is 5.68. The molecule has 1 atom stereocenters. The molecule has 3 heterocycles. The standard InChI is InChI=1S/C28H25FN4O2S/c1-17(34)30-27-31-23-10-9-20(16-26(23)36-27)19-8-7-18-11-13-33(25(18)15-19)28(35)32-12-3-6-24(32)21-4-2-5-22(29)14-21/h2,4-5,7-10,14-16,24H,3,6,11-13H2,1H3,(H,30,31,34). The number of thiazole rings is 1. The number of fused-ring (bicyclic) bond motifs is 2. The summed E-state index contributed by atoms with van der Waals surface area (Å²) in [6.45, 7) is 2.78. The lowest BCUT2D eigenvalue weighted by molar-refractivity contribution is -0.114. The van der Waals surface area contributed by atoms with E-state index in [0.29, 0.717) is 18.2 Å². The van der Waals surface area contributed by atoms with Gasteiger partial charge in [-0.1, -0.05) is 41.7 Å². The van der Waals surface area contributed by atoms with E-state index in [1.54, 1.807) is 12.1 Å². The van der Waals surface area contributed by atoms with Crippen molar-refractivity contribution in [1.82, 2.24) is 9.88 Å². The first-order valence-electron chi connectivity index (χ1n) is 12.1. The highest BCUT2D eigenvalue weighted by Gasteiger charge is 2.35. The van der Waals surface area contributed by atoms with Gasteiger partial charge in [0, 0.05) is 25.7 Å². The lowest BCUT2D eigenvalue weighted by atomic mass is 10.0. The third-order valence-corrected chi connectivity index (χ3v) is 7.88. The SMILES string of the molecule is CC(=O)Nc1nc2ccc(-c3ccc4c(c3)N(C(=O)N3CCCC3c3cccc(F)c3)CC4)cc2s1. The number of rotatable bonds is 3. The highest BCUT2D eigenvalue weighted by Crippen LogP contribution is 2.38. The molecule has 1 aromatic heterocycles. The van der Waals surface area contributed by atoms with Crippen LogP contribution >= 0.6 is 11.3 Å². The number of urea groups is 1. The minimum absolute atomic E-state index is 0.0180. The van der Waals surface area contributed by atoms with Gasteiger partial charge in [-0.25, -0.2) is 14.2 Å². The van der Waals surface area contributed by atoms with Gasteiger partial charge in [0.25, 0.3) is 0 Å². The Labute approximate surface area is 212 Å². The molecule has 0 bridgehead atoms. The lowest BCUT2D eigenvalue weighted by Crippen LogP contribution is -2.42. The first kappa shape index (κ1) is 22.7. The van der Waals surface area contributed by atoms with Crippen molar-refractivity contribution in [2.24, 2.45) is 0 Å². The highest BCUT2D eigenvalue weighted by molar-refractivity contribution is 7.22. The Morgan fingerprint density at radius 2 is 1.89 bits per heavy atom. The van der Waals surface area contributed by atoms with E-state index < -0.39 is 0 Å². The van der Waals surface area contributed by atoms with E-state index in [1.165, 1.54) is 24.3 Å². The predicted octanol–water partition coefficient (Wildman–Crippen LogP) is 6.38. The lowest BCUT2D eigenvalue weighted by Gasteiger charge is -2.30. The van der Waals surface area contributed by atoms with Gasteiger partial charge in [0.1, 0.15) is 5.82 Å². The number of nitrogens with zero attached hydrogens (tertiary/aromatic N) is 3. The molecule has 2 aliphatic heterocycles. The van der Waals surface area contributed by atoms with Gasteiger partial charge in [0.05, 0.1) is 16.3 Å². The van der Waals surface area contributed by atoms with Gasteiger partial charge >= 0.3 is 6.03 Å². The van der Waals surface area contributed by atoms with Gasteiger partial charge in [0.2, 0.25) is 5.91 Å². The predicted molar refractivity (Wildman–Crippen MR) is 141 cm³/mol. The number of hydrogen-bond acceptors (Lipinski definition) is 4. The van der Waals surface area contributed by atoms with Crippen molar-refractivity contribution >= 4 is 44.3 Å². The van der Waals surface area contributed by atoms with Gasteiger partial charge in [-0.3, -0.25) is 9.69 Å². The van der Waals surface area contributed by atoms with Crippen molar-refractivity contribution in [3.63, 3.8) is 0 Å². The zero-order valence-corrected chi connectivity index (χ0v) is 20.6. The van der Waals surface area contributed by atoms with Gasteiger partial charge in [-0.15, -0.1) is 0 Å². The van der Waals surface area contributed by atoms with Crippen LogP contribution in [-0.2, 0) is 11.2 Å². The number of carbonyl (C=O) groups excluding carboxylic acids is 2. The molecule has 36 heavy (non-hydrogen) atoms. The van der Waals surface area contributed by atoms with Crippen molar-refractivity contribution in [2.75, 3.05) is 23.3 Å². The molecule has 3 aromatic carbocycles. The van der Waals surface area contributed by atoms with Crippen LogP contribution in [0.15, 0.2) is 60.7 Å². The summed E-state index contributed by atoms with van der Waals surface area (Å²) in [6.07, 6.45) is 2.56. The molecule has 1 saturated heterocycles. The zero-order chi connectivity index (χ0) is 24.8. The summed E-state index contributed by atoms with van der Waals surface area (Å²) in [5.74, 6) is -0.416. The zero-order valence-electron chi connectivity index (χ0n) is 19.8. The number of nitrogens with one attached hydrogen (secondary N) is 1. The normalized spacial score (nSPS) is 17.0. The van der Waals surface area contributed by atoms with E-state index in [0.717, 1.165) is 57.4 Å². The Hall–Kier alpha value is -3.78. The molecule has 1 unspecified atom stereocenters. The van der Waals surface area contributed by atoms with E-state index in [-0.39, 0.29) is 23.8 Å². The van der Waals surface area contributed by atoms with E-state index >= 15 is 0 Å². The number of hydrogen-bond donors (Lipinski definition) is 1. The molecule has 182 valence electrons. The summed E-state index contributed by atoms with van der Waals surface area (Å²) in [4.78, 5) is 33.3. The quantitative estimate of drug-likeness (QED) is 0.355. The number of halogens is 1. The Balaban J connectivity index is 1.29. The van der Waals surface area contributed by atoms with Crippen molar-refractivity contribution in [3.05, 3.63) is 77.6 Å². The van der Waals surface area contributed by atoms with Crippen LogP contribution < -0.4 is 10.2 Å². The van der Waals surface area contributed by atoms with Crippen LogP contribution in [0.5, 0.6) is 0 Å². The molecule has 1 N–H and O–H groups in total. The number of anilines is 2. The second kappa shape index (κ2) is 9.02. The van der Waals surface area contributed by atoms with E-state index in [2.05, 4.69) is 34.6 Å². The van der Waals surface area contributed by atoms with Crippen LogP contribution in [0.25, 0.3) is 21.3 Å². The van der Waals surface area contributed by atoms with Gasteiger partial charge in [-0.2, -0.15) is 0 Å². The average molecular weight is 501 g/mol. The van der Waals surface area contributed by atoms with Crippen LogP contribution in [-0.4, -0.2) is 34.9 Å². The molecular formula is C28H25FN4O2S. The van der Waals surface area contributed by atoms with Gasteiger partial charge in [0.15, 0.2) is 5.13 Å². The molecule has 8 heteroatoms. The monoisotopic (exact) mass is 500 g/mol. The largest absolute Gasteiger partial charge is 0.325 e. The first-order valence-corrected chi connectivity index (χ1v) is 12.9. The molecule has 0 spiro atoms. The molecule has 6 rings (SSSR count). The summed E-state index contributed by atoms with van der Waals surface area (Å²) in [6, 6.07) is 18.8. The smallest absolute Gasteiger partial charge is 0.317 e. The van der Waals surface area contributed by atoms with Crippen LogP contribution in [0, 0.1) is 5.82 Å². The second-order valence-corrected chi connectivity index (χ2v) is 10.3. The molecule has 6 nitrogen and oxygen atoms in total. The van der Waals surface area contributed by atoms with E-state index in [4.69, 9.17) is 0 Å². The van der Waals surface area contributed by atoms with E-state index in [1.807, 2.05) is 28.0 Å². The van der Waals surface area contributed by atoms with Crippen LogP contribution in [0.2, 0.25) is 0 Å². The number of aromatic nitrogens is 1. The molecule has 0 radical (unpaired) electrons. The molecule has 3 amide bonds. The summed E-state index contributed by atoms with van der Waals surface area (Å²) >= 11 is 1.44. The summed E-state index contributed by atoms with van der Waals surface area (Å²) < 4.78 is 14.9. The maximum Gasteiger partial charge on any atom is 0.325 e. The Bertz CT molecular complexity index is 1500. The summed E-state index contributed by atoms with van der Waals surface area (Å²) in [5.41, 5.74) is 5.83. The average Bonchev–Trinajstić information content (AvgIpc) is 3.60. The fourth-order valence-corrected chi connectivity index (χ4v) is 6.23. The van der Waals surface area contributed by atoms with Crippen molar-refractivity contribution in [1.29, 1.82) is 0 Å². The van der Waals surface area contributed by atoms with Gasteiger partial charge in [-0.05, 0) is 71.8 Å². The van der Waals surface area contributed by atoms with Crippen molar-refractivity contribution in [2.45, 2.75) is 32.2 Å². The maximum atomic E-state index is 13.9. The third-order valence-electron chi connectivity index (χ3n) is 6.95. The van der Waals surface area contributed by atoms with Gasteiger partial charge < -0.3 is 10.2 Å². The van der Waals surface area contributed by atoms with Crippen molar-refractivity contribution in [3.8, 4) is 11.1 Å². The molecule has 0 saturated carbocycles. The van der Waals surface area contributed by atoms with Crippen LogP contribution in [0.3, 0.4) is 0 Å². The Morgan fingerprint density at radius 1 is 1.06 bits per heavy atom. The topological polar surface area (TPSA) is 65.5 Å². The molecule has 1 fully saturated rings. The fraction of sp³-hybridized carbons (Fsp3) is 0.250. The summed E-state index contributed by atoms with van der Waals surface area (Å²) in [5, 5.41) is 3.33. The fourth-order valence-electron chi connectivity index (χ4n) is 5.28. The molecular weight excluding hydrogens is 475 g/mol. The minimum atomic E-state index is -0.273. The van der Waals surface area contributed by atoms with Crippen molar-refractivity contribution < 1.29 is 14.0 Å². The summed E-state index contributed by atoms with van der Waals surface area (Å²) in [7, 11) is 0. The first-order chi connectivity index (χ1) is 17.5. The van der Waals surface area contributed by atoms with Crippen LogP contribution in [0.4, 0.5) is 20.0 Å². The Morgan fingerprint density at radius 3 is 2.72 bits per heavy atom. The van der Waals surface area contributed by atoms with Crippen LogP contribution in [0.1, 0.15) is 36.9 Å². The minimum Gasteiger partial charge on any atom is -0.317 e. The number of benzene rings is 3. The molecule has 0 aliphatic carbocycles. The highest BCUT2D eigenvalue weighted by atomic mass is 32.1. The molecule has 4 aromatic rings. The number of amides is 3.